The molecule has 1 atom stereocenters. The van der Waals surface area contributed by atoms with Crippen molar-refractivity contribution in [3.63, 3.8) is 0 Å². The van der Waals surface area contributed by atoms with E-state index in [9.17, 15) is 14.7 Å². The maximum absolute atomic E-state index is 11.9. The lowest BCUT2D eigenvalue weighted by Crippen LogP contribution is -2.46. The number of nitrogens with zero attached hydrogens (tertiary/aromatic N) is 1. The van der Waals surface area contributed by atoms with Crippen molar-refractivity contribution in [2.24, 2.45) is 0 Å². The summed E-state index contributed by atoms with van der Waals surface area (Å²) in [6, 6.07) is 6.81. The van der Waals surface area contributed by atoms with Gasteiger partial charge in [-0.15, -0.1) is 0 Å². The summed E-state index contributed by atoms with van der Waals surface area (Å²) in [6.07, 6.45) is 0.427. The summed E-state index contributed by atoms with van der Waals surface area (Å²) in [5.74, 6) is -0.542. The van der Waals surface area contributed by atoms with Crippen LogP contribution in [0.2, 0.25) is 0 Å². The molecule has 2 aliphatic rings. The number of para-hydroxylation sites is 1. The molecule has 1 aromatic carbocycles. The maximum Gasteiger partial charge on any atom is 0.229 e. The van der Waals surface area contributed by atoms with E-state index < -0.39 is 5.72 Å². The van der Waals surface area contributed by atoms with Crippen LogP contribution in [-0.2, 0) is 4.79 Å². The lowest BCUT2D eigenvalue weighted by atomic mass is 10.0. The minimum absolute atomic E-state index is 0.184. The Bertz CT molecular complexity index is 482. The number of ketones is 1. The number of aliphatic hydroxyl groups is 1. The third-order valence-corrected chi connectivity index (χ3v) is 3.06. The molecule has 0 aromatic heterocycles. The van der Waals surface area contributed by atoms with Gasteiger partial charge in [-0.1, -0.05) is 12.1 Å². The van der Waals surface area contributed by atoms with E-state index in [1.165, 1.54) is 4.90 Å². The van der Waals surface area contributed by atoms with Crippen LogP contribution in [0.4, 0.5) is 5.69 Å². The van der Waals surface area contributed by atoms with Gasteiger partial charge in [-0.2, -0.15) is 0 Å². The molecule has 0 radical (unpaired) electrons. The fourth-order valence-electron chi connectivity index (χ4n) is 2.34. The predicted molar refractivity (Wildman–Crippen MR) is 52.4 cm³/mol. The van der Waals surface area contributed by atoms with Gasteiger partial charge in [0.2, 0.25) is 17.4 Å². The summed E-state index contributed by atoms with van der Waals surface area (Å²) in [6.45, 7) is 0. The van der Waals surface area contributed by atoms with Crippen molar-refractivity contribution in [1.29, 1.82) is 0 Å². The quantitative estimate of drug-likeness (QED) is 0.675. The molecular formula is C11H9NO3. The molecule has 3 rings (SSSR count). The van der Waals surface area contributed by atoms with Crippen molar-refractivity contribution >= 4 is 17.4 Å². The molecule has 0 bridgehead atoms. The van der Waals surface area contributed by atoms with Crippen molar-refractivity contribution in [2.45, 2.75) is 18.6 Å². The summed E-state index contributed by atoms with van der Waals surface area (Å²) in [4.78, 5) is 24.7. The van der Waals surface area contributed by atoms with Crippen LogP contribution in [0.25, 0.3) is 0 Å². The first kappa shape index (κ1) is 8.61. The standard InChI is InChI=1S/C11H9NO3/c13-9-5-6-11(15)10(14)7-3-1-2-4-8(7)12(9)11/h1-4,15H,5-6H2. The minimum Gasteiger partial charge on any atom is -0.364 e. The normalized spacial score (nSPS) is 28.2. The van der Waals surface area contributed by atoms with E-state index in [2.05, 4.69) is 0 Å². The van der Waals surface area contributed by atoms with Crippen LogP contribution in [-0.4, -0.2) is 22.5 Å². The second-order valence-corrected chi connectivity index (χ2v) is 3.89. The first-order chi connectivity index (χ1) is 7.14. The van der Waals surface area contributed by atoms with E-state index in [0.717, 1.165) is 0 Å². The van der Waals surface area contributed by atoms with E-state index in [4.69, 9.17) is 0 Å². The SMILES string of the molecule is O=C1CCC2(O)C(=O)c3ccccc3N12. The number of amides is 1. The number of benzene rings is 1. The zero-order chi connectivity index (χ0) is 10.6. The van der Waals surface area contributed by atoms with Gasteiger partial charge in [0.25, 0.3) is 0 Å². The largest absolute Gasteiger partial charge is 0.364 e. The number of hydrogen-bond acceptors (Lipinski definition) is 3. The highest BCUT2D eigenvalue weighted by Crippen LogP contribution is 2.43. The van der Waals surface area contributed by atoms with Crippen molar-refractivity contribution in [3.05, 3.63) is 29.8 Å². The number of carbonyl (C=O) groups excluding carboxylic acids is 2. The monoisotopic (exact) mass is 203 g/mol. The summed E-state index contributed by atoms with van der Waals surface area (Å²) >= 11 is 0. The molecule has 2 aliphatic heterocycles. The van der Waals surface area contributed by atoms with Crippen molar-refractivity contribution < 1.29 is 14.7 Å². The molecule has 1 fully saturated rings. The third kappa shape index (κ3) is 0.849. The Morgan fingerprint density at radius 3 is 2.80 bits per heavy atom. The first-order valence-corrected chi connectivity index (χ1v) is 4.84. The summed E-state index contributed by atoms with van der Waals surface area (Å²) in [7, 11) is 0. The first-order valence-electron chi connectivity index (χ1n) is 4.84. The fraction of sp³-hybridized carbons (Fsp3) is 0.273. The lowest BCUT2D eigenvalue weighted by Gasteiger charge is -2.23. The van der Waals surface area contributed by atoms with Gasteiger partial charge in [-0.25, -0.2) is 0 Å². The number of rotatable bonds is 0. The minimum atomic E-state index is -1.61. The van der Waals surface area contributed by atoms with E-state index >= 15 is 0 Å². The smallest absolute Gasteiger partial charge is 0.229 e. The molecular weight excluding hydrogens is 194 g/mol. The van der Waals surface area contributed by atoms with Gasteiger partial charge in [-0.3, -0.25) is 14.5 Å². The predicted octanol–water partition coefficient (Wildman–Crippen LogP) is 0.698. The van der Waals surface area contributed by atoms with Crippen LogP contribution in [0, 0.1) is 0 Å². The van der Waals surface area contributed by atoms with Gasteiger partial charge in [0.15, 0.2) is 0 Å². The Morgan fingerprint density at radius 1 is 1.27 bits per heavy atom. The van der Waals surface area contributed by atoms with Crippen LogP contribution in [0.3, 0.4) is 0 Å². The van der Waals surface area contributed by atoms with Crippen molar-refractivity contribution in [2.75, 3.05) is 4.90 Å². The Kier molecular flexibility index (Phi) is 1.41. The van der Waals surface area contributed by atoms with Crippen LogP contribution < -0.4 is 4.90 Å². The summed E-state index contributed by atoms with van der Waals surface area (Å²) in [5, 5.41) is 10.1. The average Bonchev–Trinajstić information content (AvgIpc) is 2.65. The number of Topliss-reactive ketones (excluding diaryl/α,β-unsaturated/α-hetero) is 1. The topological polar surface area (TPSA) is 57.6 Å². The molecule has 1 N–H and O–H groups in total. The Balaban J connectivity index is 2.28. The van der Waals surface area contributed by atoms with Gasteiger partial charge in [0.05, 0.1) is 5.69 Å². The van der Waals surface area contributed by atoms with E-state index in [1.54, 1.807) is 24.3 Å². The Labute approximate surface area is 86.1 Å². The molecule has 4 nitrogen and oxygen atoms in total. The maximum atomic E-state index is 11.9. The molecule has 0 saturated carbocycles. The molecule has 2 heterocycles. The van der Waals surface area contributed by atoms with Gasteiger partial charge in [0, 0.05) is 18.4 Å². The Hall–Kier alpha value is -1.68. The number of hydrogen-bond donors (Lipinski definition) is 1. The van der Waals surface area contributed by atoms with E-state index in [-0.39, 0.29) is 24.5 Å². The van der Waals surface area contributed by atoms with Crippen LogP contribution in [0.15, 0.2) is 24.3 Å². The zero-order valence-electron chi connectivity index (χ0n) is 7.93. The lowest BCUT2D eigenvalue weighted by molar-refractivity contribution is -0.118. The molecule has 0 spiro atoms. The number of fused-ring (bicyclic) bond motifs is 3. The molecule has 76 valence electrons. The second-order valence-electron chi connectivity index (χ2n) is 3.89. The number of carbonyl (C=O) groups is 2. The van der Waals surface area contributed by atoms with Crippen molar-refractivity contribution in [1.82, 2.24) is 0 Å². The highest BCUT2D eigenvalue weighted by atomic mass is 16.3. The van der Waals surface area contributed by atoms with Crippen LogP contribution in [0.1, 0.15) is 23.2 Å². The summed E-state index contributed by atoms with van der Waals surface area (Å²) < 4.78 is 0. The van der Waals surface area contributed by atoms with E-state index in [0.29, 0.717) is 11.3 Å². The van der Waals surface area contributed by atoms with Gasteiger partial charge in [-0.05, 0) is 12.1 Å². The van der Waals surface area contributed by atoms with Gasteiger partial charge < -0.3 is 5.11 Å². The number of anilines is 1. The molecule has 1 aromatic rings. The molecule has 1 saturated heterocycles. The Morgan fingerprint density at radius 2 is 2.00 bits per heavy atom. The summed E-state index contributed by atoms with van der Waals surface area (Å²) in [5.41, 5.74) is -0.638. The highest BCUT2D eigenvalue weighted by Gasteiger charge is 2.56. The molecule has 1 amide bonds. The van der Waals surface area contributed by atoms with Crippen LogP contribution >= 0.6 is 0 Å². The van der Waals surface area contributed by atoms with E-state index in [1.807, 2.05) is 0 Å². The molecule has 0 aliphatic carbocycles. The molecule has 1 unspecified atom stereocenters. The third-order valence-electron chi connectivity index (χ3n) is 3.06. The van der Waals surface area contributed by atoms with Crippen LogP contribution in [0.5, 0.6) is 0 Å². The average molecular weight is 203 g/mol. The van der Waals surface area contributed by atoms with Crippen molar-refractivity contribution in [3.8, 4) is 0 Å². The molecule has 4 heteroatoms. The van der Waals surface area contributed by atoms with Gasteiger partial charge in [0.1, 0.15) is 0 Å². The molecule has 15 heavy (non-hydrogen) atoms. The second kappa shape index (κ2) is 2.46. The zero-order valence-corrected chi connectivity index (χ0v) is 7.93. The highest BCUT2D eigenvalue weighted by molar-refractivity contribution is 6.21. The fourth-order valence-corrected chi connectivity index (χ4v) is 2.34. The van der Waals surface area contributed by atoms with Gasteiger partial charge >= 0.3 is 0 Å².